The standard InChI is InChI=1S/C24H31N3O5/c28-21(25-15-19-7-4-14-31-19)20-16-32-24(27(20)23(30)17-5-2-1-3-6-17)10-12-26(13-11-24)22(29)18-8-9-18/h1-3,5-6,18-20H,4,7-16H2,(H,25,28)/t19-,20+/m0/s1. The maximum atomic E-state index is 13.6. The Morgan fingerprint density at radius 1 is 1.06 bits per heavy atom. The second-order valence-corrected chi connectivity index (χ2v) is 9.29. The molecule has 3 heterocycles. The average molecular weight is 442 g/mol. The fraction of sp³-hybridized carbons (Fsp3) is 0.625. The number of piperidine rings is 1. The van der Waals surface area contributed by atoms with Crippen LogP contribution in [0.4, 0.5) is 0 Å². The quantitative estimate of drug-likeness (QED) is 0.749. The van der Waals surface area contributed by atoms with Gasteiger partial charge in [0.25, 0.3) is 5.91 Å². The molecule has 32 heavy (non-hydrogen) atoms. The van der Waals surface area contributed by atoms with Gasteiger partial charge >= 0.3 is 0 Å². The summed E-state index contributed by atoms with van der Waals surface area (Å²) in [6.07, 6.45) is 4.95. The number of nitrogens with zero attached hydrogens (tertiary/aromatic N) is 2. The van der Waals surface area contributed by atoms with Gasteiger partial charge in [-0.25, -0.2) is 0 Å². The highest BCUT2D eigenvalue weighted by molar-refractivity contribution is 5.98. The monoisotopic (exact) mass is 441 g/mol. The number of likely N-dealkylation sites (tertiary alicyclic amines) is 1. The predicted octanol–water partition coefficient (Wildman–Crippen LogP) is 1.55. The summed E-state index contributed by atoms with van der Waals surface area (Å²) < 4.78 is 11.8. The number of carbonyl (C=O) groups is 3. The van der Waals surface area contributed by atoms with Crippen LogP contribution in [-0.2, 0) is 19.1 Å². The molecule has 0 aromatic heterocycles. The Morgan fingerprint density at radius 3 is 2.47 bits per heavy atom. The molecule has 1 aromatic rings. The van der Waals surface area contributed by atoms with Gasteiger partial charge in [-0.1, -0.05) is 18.2 Å². The topological polar surface area (TPSA) is 88.2 Å². The molecule has 4 fully saturated rings. The highest BCUT2D eigenvalue weighted by atomic mass is 16.5. The summed E-state index contributed by atoms with van der Waals surface area (Å²) in [6, 6.07) is 8.33. The molecule has 172 valence electrons. The lowest BCUT2D eigenvalue weighted by molar-refractivity contribution is -0.144. The molecular weight excluding hydrogens is 410 g/mol. The first kappa shape index (κ1) is 21.4. The first-order valence-electron chi connectivity index (χ1n) is 11.8. The van der Waals surface area contributed by atoms with Gasteiger partial charge in [0.05, 0.1) is 12.7 Å². The van der Waals surface area contributed by atoms with Gasteiger partial charge in [0.15, 0.2) is 0 Å². The molecule has 2 atom stereocenters. The van der Waals surface area contributed by atoms with Crippen molar-refractivity contribution in [3.63, 3.8) is 0 Å². The summed E-state index contributed by atoms with van der Waals surface area (Å²) >= 11 is 0. The van der Waals surface area contributed by atoms with Gasteiger partial charge < -0.3 is 19.7 Å². The number of rotatable bonds is 5. The van der Waals surface area contributed by atoms with Crippen molar-refractivity contribution >= 4 is 17.7 Å². The number of nitrogens with one attached hydrogen (secondary N) is 1. The Hall–Kier alpha value is -2.45. The zero-order valence-electron chi connectivity index (χ0n) is 18.3. The molecule has 0 bridgehead atoms. The number of benzene rings is 1. The number of amides is 3. The van der Waals surface area contributed by atoms with Gasteiger partial charge in [0, 0.05) is 50.6 Å². The zero-order chi connectivity index (χ0) is 22.1. The van der Waals surface area contributed by atoms with Crippen molar-refractivity contribution in [3.05, 3.63) is 35.9 Å². The molecule has 1 N–H and O–H groups in total. The van der Waals surface area contributed by atoms with E-state index in [-0.39, 0.29) is 36.4 Å². The van der Waals surface area contributed by atoms with Crippen LogP contribution in [0.3, 0.4) is 0 Å². The van der Waals surface area contributed by atoms with Crippen LogP contribution in [-0.4, -0.2) is 78.2 Å². The Balaban J connectivity index is 1.33. The van der Waals surface area contributed by atoms with Crippen molar-refractivity contribution in [3.8, 4) is 0 Å². The van der Waals surface area contributed by atoms with Crippen LogP contribution in [0.15, 0.2) is 30.3 Å². The van der Waals surface area contributed by atoms with Crippen LogP contribution in [0.25, 0.3) is 0 Å². The van der Waals surface area contributed by atoms with E-state index in [1.807, 2.05) is 23.1 Å². The van der Waals surface area contributed by atoms with E-state index >= 15 is 0 Å². The minimum absolute atomic E-state index is 0.0326. The van der Waals surface area contributed by atoms with Gasteiger partial charge in [-0.3, -0.25) is 19.3 Å². The molecule has 1 saturated carbocycles. The summed E-state index contributed by atoms with van der Waals surface area (Å²) in [5.41, 5.74) is -0.329. The van der Waals surface area contributed by atoms with Crippen LogP contribution >= 0.6 is 0 Å². The summed E-state index contributed by atoms with van der Waals surface area (Å²) in [7, 11) is 0. The highest BCUT2D eigenvalue weighted by Gasteiger charge is 2.54. The van der Waals surface area contributed by atoms with Crippen molar-refractivity contribution < 1.29 is 23.9 Å². The van der Waals surface area contributed by atoms with E-state index in [0.717, 1.165) is 32.3 Å². The number of carbonyl (C=O) groups excluding carboxylic acids is 3. The van der Waals surface area contributed by atoms with E-state index in [2.05, 4.69) is 5.32 Å². The van der Waals surface area contributed by atoms with E-state index in [4.69, 9.17) is 9.47 Å². The third-order valence-electron chi connectivity index (χ3n) is 7.11. The number of ether oxygens (including phenoxy) is 2. The van der Waals surface area contributed by atoms with Crippen LogP contribution < -0.4 is 5.32 Å². The Bertz CT molecular complexity index is 858. The third-order valence-corrected chi connectivity index (χ3v) is 7.11. The maximum Gasteiger partial charge on any atom is 0.256 e. The fourth-order valence-corrected chi connectivity index (χ4v) is 5.09. The first-order valence-corrected chi connectivity index (χ1v) is 11.8. The lowest BCUT2D eigenvalue weighted by Crippen LogP contribution is -2.60. The van der Waals surface area contributed by atoms with Crippen molar-refractivity contribution in [1.29, 1.82) is 0 Å². The van der Waals surface area contributed by atoms with Crippen molar-refractivity contribution in [2.45, 2.75) is 56.4 Å². The smallest absolute Gasteiger partial charge is 0.256 e. The minimum Gasteiger partial charge on any atom is -0.376 e. The normalized spacial score (nSPS) is 27.0. The molecule has 1 spiro atoms. The molecule has 1 aromatic carbocycles. The van der Waals surface area contributed by atoms with Gasteiger partial charge in [-0.2, -0.15) is 0 Å². The maximum absolute atomic E-state index is 13.6. The van der Waals surface area contributed by atoms with E-state index in [1.54, 1.807) is 17.0 Å². The van der Waals surface area contributed by atoms with Crippen molar-refractivity contribution in [1.82, 2.24) is 15.1 Å². The second-order valence-electron chi connectivity index (χ2n) is 9.29. The Kier molecular flexibility index (Phi) is 5.90. The fourth-order valence-electron chi connectivity index (χ4n) is 5.09. The molecule has 4 aliphatic rings. The molecule has 0 radical (unpaired) electrons. The SMILES string of the molecule is O=C(NC[C@@H]1CCCO1)[C@H]1COC2(CCN(C(=O)C3CC3)CC2)N1C(=O)c1ccccc1. The first-order chi connectivity index (χ1) is 15.6. The molecule has 3 amide bonds. The zero-order valence-corrected chi connectivity index (χ0v) is 18.3. The molecular formula is C24H31N3O5. The molecule has 3 aliphatic heterocycles. The summed E-state index contributed by atoms with van der Waals surface area (Å²) in [6.45, 7) is 2.41. The van der Waals surface area contributed by atoms with Crippen LogP contribution in [0, 0.1) is 5.92 Å². The molecule has 5 rings (SSSR count). The lowest BCUT2D eigenvalue weighted by atomic mass is 9.96. The van der Waals surface area contributed by atoms with Crippen molar-refractivity contribution in [2.75, 3.05) is 32.8 Å². The van der Waals surface area contributed by atoms with E-state index in [0.29, 0.717) is 38.0 Å². The van der Waals surface area contributed by atoms with E-state index in [9.17, 15) is 14.4 Å². The van der Waals surface area contributed by atoms with E-state index in [1.165, 1.54) is 0 Å². The van der Waals surface area contributed by atoms with Gasteiger partial charge in [-0.15, -0.1) is 0 Å². The van der Waals surface area contributed by atoms with Gasteiger partial charge in [0.2, 0.25) is 11.8 Å². The van der Waals surface area contributed by atoms with Gasteiger partial charge in [-0.05, 0) is 37.8 Å². The lowest BCUT2D eigenvalue weighted by Gasteiger charge is -2.44. The van der Waals surface area contributed by atoms with Crippen molar-refractivity contribution in [2.24, 2.45) is 5.92 Å². The second kappa shape index (κ2) is 8.83. The van der Waals surface area contributed by atoms with Crippen LogP contribution in [0.5, 0.6) is 0 Å². The summed E-state index contributed by atoms with van der Waals surface area (Å²) in [5, 5.41) is 2.97. The number of hydrogen-bond donors (Lipinski definition) is 1. The van der Waals surface area contributed by atoms with Crippen LogP contribution in [0.1, 0.15) is 48.9 Å². The molecule has 1 aliphatic carbocycles. The van der Waals surface area contributed by atoms with E-state index < -0.39 is 11.8 Å². The van der Waals surface area contributed by atoms with Gasteiger partial charge in [0.1, 0.15) is 11.8 Å². The Morgan fingerprint density at radius 2 is 1.81 bits per heavy atom. The largest absolute Gasteiger partial charge is 0.376 e. The third kappa shape index (κ3) is 4.13. The average Bonchev–Trinajstić information content (AvgIpc) is 3.43. The highest BCUT2D eigenvalue weighted by Crippen LogP contribution is 2.40. The predicted molar refractivity (Wildman–Crippen MR) is 116 cm³/mol. The molecule has 8 nitrogen and oxygen atoms in total. The van der Waals surface area contributed by atoms with Crippen LogP contribution in [0.2, 0.25) is 0 Å². The summed E-state index contributed by atoms with van der Waals surface area (Å²) in [4.78, 5) is 42.8. The summed E-state index contributed by atoms with van der Waals surface area (Å²) in [5.74, 6) is -0.0305. The Labute approximate surface area is 188 Å². The number of hydrogen-bond acceptors (Lipinski definition) is 5. The molecule has 0 unspecified atom stereocenters. The molecule has 8 heteroatoms. The minimum atomic E-state index is -0.862. The molecule has 3 saturated heterocycles.